The van der Waals surface area contributed by atoms with Crippen molar-refractivity contribution in [2.24, 2.45) is 0 Å². The molecule has 2 fully saturated rings. The van der Waals surface area contributed by atoms with Gasteiger partial charge >= 0.3 is 0 Å². The summed E-state index contributed by atoms with van der Waals surface area (Å²) in [4.78, 5) is 19.2. The van der Waals surface area contributed by atoms with Gasteiger partial charge in [0.1, 0.15) is 0 Å². The van der Waals surface area contributed by atoms with E-state index in [-0.39, 0.29) is 10.9 Å². The van der Waals surface area contributed by atoms with Crippen LogP contribution in [0.5, 0.6) is 0 Å². The molecule has 5 aromatic carbocycles. The summed E-state index contributed by atoms with van der Waals surface area (Å²) in [6.45, 7) is 7.16. The number of carbonyl (C=O) groups is 1. The molecule has 1 aliphatic heterocycles. The summed E-state index contributed by atoms with van der Waals surface area (Å²) >= 11 is 7.94. The van der Waals surface area contributed by atoms with Crippen molar-refractivity contribution in [1.29, 1.82) is 0 Å². The maximum Gasteiger partial charge on any atom is 0.264 e. The Labute approximate surface area is 341 Å². The molecular formula is C45H50ClN5O3S2. The zero-order valence-corrected chi connectivity index (χ0v) is 34.2. The average Bonchev–Trinajstić information content (AvgIpc) is 3.19. The van der Waals surface area contributed by atoms with E-state index in [1.807, 2.05) is 49.0 Å². The van der Waals surface area contributed by atoms with Gasteiger partial charge in [-0.2, -0.15) is 0 Å². The Morgan fingerprint density at radius 1 is 0.857 bits per heavy atom. The Balaban J connectivity index is 0.920. The molecule has 0 aromatic heterocycles. The van der Waals surface area contributed by atoms with Gasteiger partial charge in [-0.05, 0) is 122 Å². The molecule has 7 rings (SSSR count). The van der Waals surface area contributed by atoms with E-state index in [4.69, 9.17) is 11.6 Å². The summed E-state index contributed by atoms with van der Waals surface area (Å²) in [6, 6.07) is 39.8. The van der Waals surface area contributed by atoms with Gasteiger partial charge in [0.25, 0.3) is 15.9 Å². The van der Waals surface area contributed by atoms with Gasteiger partial charge in [0, 0.05) is 77.4 Å². The van der Waals surface area contributed by atoms with Crippen molar-refractivity contribution in [2.45, 2.75) is 61.0 Å². The van der Waals surface area contributed by atoms with Crippen LogP contribution in [0.2, 0.25) is 5.02 Å². The van der Waals surface area contributed by atoms with Crippen LogP contribution < -0.4 is 20.3 Å². The molecule has 8 nitrogen and oxygen atoms in total. The lowest BCUT2D eigenvalue weighted by Crippen LogP contribution is -2.46. The first-order valence-electron chi connectivity index (χ1n) is 19.5. The highest BCUT2D eigenvalue weighted by Crippen LogP contribution is 2.28. The Hall–Kier alpha value is -4.32. The van der Waals surface area contributed by atoms with Crippen molar-refractivity contribution in [3.63, 3.8) is 0 Å². The topological polar surface area (TPSA) is 93.8 Å². The maximum atomic E-state index is 13.4. The summed E-state index contributed by atoms with van der Waals surface area (Å²) < 4.78 is 29.1. The van der Waals surface area contributed by atoms with Crippen molar-refractivity contribution in [1.82, 2.24) is 14.9 Å². The number of anilines is 2. The summed E-state index contributed by atoms with van der Waals surface area (Å²) in [7, 11) is -4.09. The lowest BCUT2D eigenvalue weighted by atomic mass is 9.93. The van der Waals surface area contributed by atoms with Crippen LogP contribution in [0.3, 0.4) is 0 Å². The zero-order chi connectivity index (χ0) is 38.9. The first-order chi connectivity index (χ1) is 27.2. The highest BCUT2D eigenvalue weighted by molar-refractivity contribution is 7.99. The van der Waals surface area contributed by atoms with Gasteiger partial charge < -0.3 is 15.5 Å². The number of benzene rings is 5. The monoisotopic (exact) mass is 807 g/mol. The molecule has 56 heavy (non-hydrogen) atoms. The van der Waals surface area contributed by atoms with Crippen LogP contribution in [-0.2, 0) is 16.6 Å². The molecule has 0 spiro atoms. The molecule has 1 aliphatic carbocycles. The molecule has 0 radical (unpaired) electrons. The second-order valence-electron chi connectivity index (χ2n) is 14.7. The number of amides is 1. The maximum absolute atomic E-state index is 13.4. The number of piperazine rings is 1. The number of halogens is 1. The summed E-state index contributed by atoms with van der Waals surface area (Å²) in [5.41, 5.74) is 6.63. The first-order valence-corrected chi connectivity index (χ1v) is 22.3. The normalized spacial score (nSPS) is 15.6. The molecule has 3 N–H and O–H groups in total. The number of hydrogen-bond donors (Lipinski definition) is 3. The molecule has 292 valence electrons. The van der Waals surface area contributed by atoms with Crippen LogP contribution >= 0.6 is 23.4 Å². The predicted octanol–water partition coefficient (Wildman–Crippen LogP) is 8.86. The van der Waals surface area contributed by atoms with E-state index in [0.717, 1.165) is 79.0 Å². The summed E-state index contributed by atoms with van der Waals surface area (Å²) in [6.07, 6.45) is 4.74. The fourth-order valence-corrected chi connectivity index (χ4v) is 9.39. The number of nitrogens with zero attached hydrogens (tertiary/aromatic N) is 2. The number of nitrogens with one attached hydrogen (secondary N) is 3. The predicted molar refractivity (Wildman–Crippen MR) is 231 cm³/mol. The number of carbonyl (C=O) groups excluding carboxylic acids is 1. The minimum Gasteiger partial charge on any atom is -0.381 e. The largest absolute Gasteiger partial charge is 0.381 e. The Morgan fingerprint density at radius 2 is 1.57 bits per heavy atom. The van der Waals surface area contributed by atoms with Gasteiger partial charge in [-0.1, -0.05) is 72.6 Å². The van der Waals surface area contributed by atoms with E-state index in [1.165, 1.54) is 35.3 Å². The lowest BCUT2D eigenvalue weighted by molar-refractivity contribution is 0.0981. The van der Waals surface area contributed by atoms with Crippen LogP contribution in [-0.4, -0.2) is 69.8 Å². The Bertz CT molecular complexity index is 2170. The highest BCUT2D eigenvalue weighted by Gasteiger charge is 2.23. The van der Waals surface area contributed by atoms with E-state index >= 15 is 0 Å². The quantitative estimate of drug-likeness (QED) is 0.0853. The van der Waals surface area contributed by atoms with Crippen LogP contribution in [0.1, 0.15) is 47.2 Å². The van der Waals surface area contributed by atoms with Crippen LogP contribution in [0, 0.1) is 6.92 Å². The fourth-order valence-electron chi connectivity index (χ4n) is 7.21. The third-order valence-electron chi connectivity index (χ3n) is 10.8. The van der Waals surface area contributed by atoms with E-state index in [2.05, 4.69) is 85.8 Å². The molecule has 1 saturated carbocycles. The van der Waals surface area contributed by atoms with Gasteiger partial charge in [-0.3, -0.25) is 9.69 Å². The average molecular weight is 809 g/mol. The zero-order valence-electron chi connectivity index (χ0n) is 31.8. The third-order valence-corrected chi connectivity index (χ3v) is 13.5. The first kappa shape index (κ1) is 39.9. The van der Waals surface area contributed by atoms with Crippen molar-refractivity contribution in [2.75, 3.05) is 48.7 Å². The highest BCUT2D eigenvalue weighted by atomic mass is 35.5. The van der Waals surface area contributed by atoms with Crippen LogP contribution in [0.4, 0.5) is 11.4 Å². The summed E-state index contributed by atoms with van der Waals surface area (Å²) in [5, 5.41) is 8.07. The summed E-state index contributed by atoms with van der Waals surface area (Å²) in [5.74, 6) is 0.222. The second-order valence-corrected chi connectivity index (χ2v) is 17.9. The standard InChI is InChI=1S/C45H50ClN5O3S2/c1-33-30-42(22-23-44(33)48-39(24-25-47-38-9-7-10-38)32-55-41-11-3-2-4-12-41)56(53,54)49-45(52)35-16-20-40(21-17-35)51-28-26-50(27-29-51)31-36-8-5-6-13-43(36)34-14-18-37(46)19-15-34/h2-6,8,11-23,30,38-39,47-48H,7,9-10,24-29,31-32H2,1H3,(H,49,52)/t39-/m1/s1. The number of rotatable bonds is 16. The number of hydrogen-bond acceptors (Lipinski definition) is 8. The van der Waals surface area contributed by atoms with Gasteiger partial charge in [0.05, 0.1) is 4.90 Å². The van der Waals surface area contributed by atoms with Gasteiger partial charge in [-0.15, -0.1) is 11.8 Å². The van der Waals surface area contributed by atoms with E-state index in [1.54, 1.807) is 30.3 Å². The van der Waals surface area contributed by atoms with Gasteiger partial charge in [0.2, 0.25) is 0 Å². The van der Waals surface area contributed by atoms with Crippen LogP contribution in [0.25, 0.3) is 11.1 Å². The molecule has 1 heterocycles. The molecule has 1 saturated heterocycles. The van der Waals surface area contributed by atoms with Crippen molar-refractivity contribution >= 4 is 50.7 Å². The number of aryl methyl sites for hydroxylation is 1. The smallest absolute Gasteiger partial charge is 0.264 e. The number of sulfonamides is 1. The fraction of sp³-hybridized carbons (Fsp3) is 0.311. The lowest BCUT2D eigenvalue weighted by Gasteiger charge is -2.36. The minimum absolute atomic E-state index is 0.0565. The SMILES string of the molecule is Cc1cc(S(=O)(=O)NC(=O)c2ccc(N3CCN(Cc4ccccc4-c4ccc(Cl)cc4)CC3)cc2)ccc1N[C@H](CCNC1CCC1)CSc1ccccc1. The molecule has 1 atom stereocenters. The Kier molecular flexibility index (Phi) is 13.4. The minimum atomic E-state index is -4.09. The van der Waals surface area contributed by atoms with Crippen molar-refractivity contribution in [3.05, 3.63) is 143 Å². The molecular weight excluding hydrogens is 758 g/mol. The molecule has 0 bridgehead atoms. The third kappa shape index (κ3) is 10.5. The Morgan fingerprint density at radius 3 is 2.27 bits per heavy atom. The van der Waals surface area contributed by atoms with Gasteiger partial charge in [0.15, 0.2) is 0 Å². The molecule has 1 amide bonds. The van der Waals surface area contributed by atoms with Crippen molar-refractivity contribution in [3.8, 4) is 11.1 Å². The van der Waals surface area contributed by atoms with E-state index in [0.29, 0.717) is 11.6 Å². The molecule has 0 unspecified atom stereocenters. The number of thioether (sulfide) groups is 1. The molecule has 5 aromatic rings. The van der Waals surface area contributed by atoms with Crippen LogP contribution in [0.15, 0.2) is 131 Å². The molecule has 2 aliphatic rings. The van der Waals surface area contributed by atoms with Crippen molar-refractivity contribution < 1.29 is 13.2 Å². The van der Waals surface area contributed by atoms with E-state index in [9.17, 15) is 13.2 Å². The molecule has 11 heteroatoms. The van der Waals surface area contributed by atoms with E-state index < -0.39 is 15.9 Å². The van der Waals surface area contributed by atoms with Gasteiger partial charge in [-0.25, -0.2) is 13.1 Å². The second kappa shape index (κ2) is 18.7.